The highest BCUT2D eigenvalue weighted by Gasteiger charge is 2.14. The molecule has 0 saturated carbocycles. The molecule has 0 fully saturated rings. The number of ether oxygens (including phenoxy) is 1. The lowest BCUT2D eigenvalue weighted by molar-refractivity contribution is -0.118. The van der Waals surface area contributed by atoms with E-state index in [1.807, 2.05) is 30.3 Å². The Balaban J connectivity index is 1.50. The summed E-state index contributed by atoms with van der Waals surface area (Å²) in [6.07, 6.45) is 0.582. The number of anilines is 1. The largest absolute Gasteiger partial charge is 0.484 e. The molecule has 0 unspecified atom stereocenters. The lowest BCUT2D eigenvalue weighted by Crippen LogP contribution is -2.26. The van der Waals surface area contributed by atoms with Crippen molar-refractivity contribution < 1.29 is 22.3 Å². The Hall–Kier alpha value is -3.23. The summed E-state index contributed by atoms with van der Waals surface area (Å²) >= 11 is 0. The van der Waals surface area contributed by atoms with Crippen LogP contribution in [0.4, 0.5) is 10.1 Å². The van der Waals surface area contributed by atoms with Crippen molar-refractivity contribution in [1.29, 1.82) is 0 Å². The van der Waals surface area contributed by atoms with Crippen LogP contribution in [-0.2, 0) is 21.2 Å². The predicted octanol–water partition coefficient (Wildman–Crippen LogP) is 3.36. The first-order valence-electron chi connectivity index (χ1n) is 9.25. The molecule has 3 rings (SSSR count). The predicted molar refractivity (Wildman–Crippen MR) is 112 cm³/mol. The molecule has 0 saturated heterocycles. The smallest absolute Gasteiger partial charge is 0.262 e. The maximum absolute atomic E-state index is 13.5. The van der Waals surface area contributed by atoms with Crippen molar-refractivity contribution in [3.8, 4) is 5.75 Å². The van der Waals surface area contributed by atoms with Gasteiger partial charge in [0.15, 0.2) is 6.61 Å². The van der Waals surface area contributed by atoms with E-state index < -0.39 is 21.7 Å². The van der Waals surface area contributed by atoms with Crippen molar-refractivity contribution >= 4 is 21.6 Å². The molecular weight excluding hydrogens is 407 g/mol. The third-order valence-electron chi connectivity index (χ3n) is 4.20. The van der Waals surface area contributed by atoms with Gasteiger partial charge in [0.05, 0.1) is 10.6 Å². The topological polar surface area (TPSA) is 84.5 Å². The monoisotopic (exact) mass is 428 g/mol. The number of carbonyl (C=O) groups excluding carboxylic acids is 1. The molecular formula is C22H21FN2O4S. The third kappa shape index (κ3) is 6.13. The molecule has 0 aliphatic heterocycles. The van der Waals surface area contributed by atoms with Crippen molar-refractivity contribution in [2.24, 2.45) is 0 Å². The molecule has 0 bridgehead atoms. The summed E-state index contributed by atoms with van der Waals surface area (Å²) in [5.74, 6) is -0.749. The highest BCUT2D eigenvalue weighted by molar-refractivity contribution is 7.89. The zero-order valence-electron chi connectivity index (χ0n) is 16.0. The van der Waals surface area contributed by atoms with Gasteiger partial charge in [-0.05, 0) is 48.4 Å². The molecule has 0 aliphatic carbocycles. The number of para-hydroxylation sites is 1. The summed E-state index contributed by atoms with van der Waals surface area (Å²) in [6.45, 7) is -0.0590. The van der Waals surface area contributed by atoms with Gasteiger partial charge in [-0.25, -0.2) is 17.5 Å². The van der Waals surface area contributed by atoms with Gasteiger partial charge in [-0.2, -0.15) is 0 Å². The summed E-state index contributed by atoms with van der Waals surface area (Å²) in [6, 6.07) is 21.1. The zero-order chi connectivity index (χ0) is 21.4. The number of hydrogen-bond donors (Lipinski definition) is 2. The SMILES string of the molecule is O=C(COc1ccc(S(=O)(=O)NCCc2ccccc2)cc1)Nc1ccccc1F. The minimum atomic E-state index is -3.65. The minimum Gasteiger partial charge on any atom is -0.484 e. The van der Waals surface area contributed by atoms with Gasteiger partial charge in [-0.3, -0.25) is 4.79 Å². The van der Waals surface area contributed by atoms with E-state index in [2.05, 4.69) is 10.0 Å². The van der Waals surface area contributed by atoms with Gasteiger partial charge < -0.3 is 10.1 Å². The summed E-state index contributed by atoms with van der Waals surface area (Å²) in [5, 5.41) is 2.41. The van der Waals surface area contributed by atoms with Gasteiger partial charge in [0.2, 0.25) is 10.0 Å². The van der Waals surface area contributed by atoms with E-state index in [0.717, 1.165) is 5.56 Å². The molecule has 3 aromatic rings. The van der Waals surface area contributed by atoms with Crippen LogP contribution >= 0.6 is 0 Å². The molecule has 6 nitrogen and oxygen atoms in total. The Morgan fingerprint density at radius 1 is 0.900 bits per heavy atom. The van der Waals surface area contributed by atoms with Crippen molar-refractivity contribution in [1.82, 2.24) is 4.72 Å². The average molecular weight is 428 g/mol. The molecule has 0 heterocycles. The maximum Gasteiger partial charge on any atom is 0.262 e. The van der Waals surface area contributed by atoms with Gasteiger partial charge in [0, 0.05) is 6.54 Å². The van der Waals surface area contributed by atoms with E-state index in [-0.39, 0.29) is 23.7 Å². The second kappa shape index (κ2) is 10.00. The van der Waals surface area contributed by atoms with Gasteiger partial charge in [0.25, 0.3) is 5.91 Å². The van der Waals surface area contributed by atoms with Crippen molar-refractivity contribution in [3.05, 3.63) is 90.2 Å². The molecule has 0 aromatic heterocycles. The van der Waals surface area contributed by atoms with E-state index in [1.54, 1.807) is 6.07 Å². The molecule has 0 aliphatic rings. The van der Waals surface area contributed by atoms with Crippen LogP contribution in [0.5, 0.6) is 5.75 Å². The number of sulfonamides is 1. The van der Waals surface area contributed by atoms with E-state index in [1.165, 1.54) is 42.5 Å². The van der Waals surface area contributed by atoms with Crippen LogP contribution in [0.2, 0.25) is 0 Å². The van der Waals surface area contributed by atoms with Gasteiger partial charge >= 0.3 is 0 Å². The van der Waals surface area contributed by atoms with E-state index >= 15 is 0 Å². The maximum atomic E-state index is 13.5. The number of nitrogens with one attached hydrogen (secondary N) is 2. The highest BCUT2D eigenvalue weighted by Crippen LogP contribution is 2.17. The fraction of sp³-hybridized carbons (Fsp3) is 0.136. The Morgan fingerprint density at radius 3 is 2.27 bits per heavy atom. The van der Waals surface area contributed by atoms with Gasteiger partial charge in [-0.15, -0.1) is 0 Å². The number of rotatable bonds is 9. The van der Waals surface area contributed by atoms with Crippen LogP contribution < -0.4 is 14.8 Å². The number of benzene rings is 3. The van der Waals surface area contributed by atoms with Gasteiger partial charge in [0.1, 0.15) is 11.6 Å². The highest BCUT2D eigenvalue weighted by atomic mass is 32.2. The van der Waals surface area contributed by atoms with Crippen LogP contribution in [-0.4, -0.2) is 27.5 Å². The number of hydrogen-bond acceptors (Lipinski definition) is 4. The Bertz CT molecular complexity index is 1090. The standard InChI is InChI=1S/C22H21FN2O4S/c23-20-8-4-5-9-21(20)25-22(26)16-29-18-10-12-19(13-11-18)30(27,28)24-15-14-17-6-2-1-3-7-17/h1-13,24H,14-16H2,(H,25,26). The molecule has 30 heavy (non-hydrogen) atoms. The fourth-order valence-corrected chi connectivity index (χ4v) is 3.70. The van der Waals surface area contributed by atoms with Crippen LogP contribution in [0.1, 0.15) is 5.56 Å². The first kappa shape index (κ1) is 21.5. The first-order chi connectivity index (χ1) is 14.4. The number of halogens is 1. The second-order valence-electron chi connectivity index (χ2n) is 6.42. The quantitative estimate of drug-likeness (QED) is 0.547. The lowest BCUT2D eigenvalue weighted by atomic mass is 10.2. The summed E-state index contributed by atoms with van der Waals surface area (Å²) in [5.41, 5.74) is 1.10. The van der Waals surface area contributed by atoms with E-state index in [9.17, 15) is 17.6 Å². The molecule has 0 spiro atoms. The number of carbonyl (C=O) groups is 1. The van der Waals surface area contributed by atoms with Crippen molar-refractivity contribution in [2.45, 2.75) is 11.3 Å². The number of amides is 1. The molecule has 0 atom stereocenters. The molecule has 0 radical (unpaired) electrons. The molecule has 8 heteroatoms. The molecule has 156 valence electrons. The van der Waals surface area contributed by atoms with Crippen molar-refractivity contribution in [2.75, 3.05) is 18.5 Å². The zero-order valence-corrected chi connectivity index (χ0v) is 16.9. The van der Waals surface area contributed by atoms with Crippen LogP contribution in [0, 0.1) is 5.82 Å². The Morgan fingerprint density at radius 2 is 1.57 bits per heavy atom. The first-order valence-corrected chi connectivity index (χ1v) is 10.7. The van der Waals surface area contributed by atoms with Gasteiger partial charge in [-0.1, -0.05) is 42.5 Å². The second-order valence-corrected chi connectivity index (χ2v) is 8.19. The molecule has 2 N–H and O–H groups in total. The summed E-state index contributed by atoms with van der Waals surface area (Å²) in [4.78, 5) is 12.0. The van der Waals surface area contributed by atoms with Crippen LogP contribution in [0.25, 0.3) is 0 Å². The summed E-state index contributed by atoms with van der Waals surface area (Å²) in [7, 11) is -3.65. The van der Waals surface area contributed by atoms with Crippen LogP contribution in [0.15, 0.2) is 83.8 Å². The lowest BCUT2D eigenvalue weighted by Gasteiger charge is -2.10. The Labute approximate surface area is 174 Å². The molecule has 1 amide bonds. The average Bonchev–Trinajstić information content (AvgIpc) is 2.75. The van der Waals surface area contributed by atoms with E-state index in [0.29, 0.717) is 12.2 Å². The fourth-order valence-electron chi connectivity index (χ4n) is 2.67. The van der Waals surface area contributed by atoms with E-state index in [4.69, 9.17) is 4.74 Å². The third-order valence-corrected chi connectivity index (χ3v) is 5.68. The molecule has 3 aromatic carbocycles. The normalized spacial score (nSPS) is 11.1. The Kier molecular flexibility index (Phi) is 7.16. The minimum absolute atomic E-state index is 0.0640. The van der Waals surface area contributed by atoms with Crippen LogP contribution in [0.3, 0.4) is 0 Å². The summed E-state index contributed by atoms with van der Waals surface area (Å²) < 4.78 is 46.2. The van der Waals surface area contributed by atoms with Crippen molar-refractivity contribution in [3.63, 3.8) is 0 Å².